The Morgan fingerprint density at radius 1 is 1.18 bits per heavy atom. The molecule has 3 aromatic heterocycles. The molecule has 1 amide bonds. The van der Waals surface area contributed by atoms with Crippen molar-refractivity contribution < 1.29 is 9.90 Å². The van der Waals surface area contributed by atoms with E-state index in [4.69, 9.17) is 0 Å². The monoisotopic (exact) mass is 516 g/mol. The predicted octanol–water partition coefficient (Wildman–Crippen LogP) is 2.71. The molecule has 0 radical (unpaired) electrons. The molecule has 0 fully saturated rings. The standard InChI is InChI=1S/C27H32N8O3/c1-6-15-34-25(37)20-16-29-26(30-18-11-13-19(14-12-18)33(7-2)17-23(36)28-5)32-24(20)35(34)22-10-8-9-21(31-22)27(3,4)38/h6,8-14,16,38H,1,7,15,17H2,2-5H3,(H,28,36)(H,29,30,32). The molecule has 4 rings (SSSR count). The minimum atomic E-state index is -1.16. The van der Waals surface area contributed by atoms with Crippen LogP contribution in [-0.2, 0) is 16.9 Å². The molecular formula is C27H32N8O3. The molecule has 0 saturated carbocycles. The van der Waals surface area contributed by atoms with Crippen molar-refractivity contribution in [2.24, 2.45) is 0 Å². The number of pyridine rings is 1. The summed E-state index contributed by atoms with van der Waals surface area (Å²) in [4.78, 5) is 40.5. The van der Waals surface area contributed by atoms with Gasteiger partial charge in [0.1, 0.15) is 11.0 Å². The second kappa shape index (κ2) is 10.9. The van der Waals surface area contributed by atoms with Gasteiger partial charge in [0.05, 0.1) is 18.8 Å². The first kappa shape index (κ1) is 26.6. The van der Waals surface area contributed by atoms with Gasteiger partial charge in [-0.15, -0.1) is 6.58 Å². The highest BCUT2D eigenvalue weighted by Crippen LogP contribution is 2.23. The van der Waals surface area contributed by atoms with Gasteiger partial charge in [-0.3, -0.25) is 9.59 Å². The van der Waals surface area contributed by atoms with Crippen LogP contribution in [-0.4, -0.2) is 55.5 Å². The number of likely N-dealkylation sites (N-methyl/N-ethyl adjacent to an activating group) is 2. The normalized spacial score (nSPS) is 11.4. The molecule has 0 aliphatic carbocycles. The summed E-state index contributed by atoms with van der Waals surface area (Å²) < 4.78 is 3.09. The van der Waals surface area contributed by atoms with Crippen LogP contribution in [0, 0.1) is 0 Å². The fourth-order valence-electron chi connectivity index (χ4n) is 4.01. The molecule has 0 aliphatic heterocycles. The fourth-order valence-corrected chi connectivity index (χ4v) is 4.01. The van der Waals surface area contributed by atoms with E-state index in [1.165, 1.54) is 10.9 Å². The van der Waals surface area contributed by atoms with Crippen LogP contribution in [0.15, 0.2) is 66.1 Å². The first-order valence-corrected chi connectivity index (χ1v) is 12.3. The molecule has 3 N–H and O–H groups in total. The molecule has 11 heteroatoms. The number of benzene rings is 1. The van der Waals surface area contributed by atoms with Gasteiger partial charge >= 0.3 is 0 Å². The SMILES string of the molecule is C=CCn1c(=O)c2cnc(Nc3ccc(N(CC)CC(=O)NC)cc3)nc2n1-c1cccc(C(C)(C)O)n1. The number of carbonyl (C=O) groups excluding carboxylic acids is 1. The Morgan fingerprint density at radius 2 is 1.92 bits per heavy atom. The number of fused-ring (bicyclic) bond motifs is 1. The highest BCUT2D eigenvalue weighted by Gasteiger charge is 2.21. The second-order valence-corrected chi connectivity index (χ2v) is 9.22. The number of anilines is 3. The van der Waals surface area contributed by atoms with Crippen LogP contribution < -0.4 is 21.1 Å². The highest BCUT2D eigenvalue weighted by atomic mass is 16.3. The molecule has 0 bridgehead atoms. The fraction of sp³-hybridized carbons (Fsp3) is 0.296. The zero-order chi connectivity index (χ0) is 27.4. The second-order valence-electron chi connectivity index (χ2n) is 9.22. The topological polar surface area (TPSA) is 130 Å². The predicted molar refractivity (Wildman–Crippen MR) is 148 cm³/mol. The summed E-state index contributed by atoms with van der Waals surface area (Å²) in [6, 6.07) is 12.8. The third-order valence-corrected chi connectivity index (χ3v) is 6.04. The van der Waals surface area contributed by atoms with Crippen molar-refractivity contribution in [2.75, 3.05) is 30.4 Å². The zero-order valence-corrected chi connectivity index (χ0v) is 22.0. The summed E-state index contributed by atoms with van der Waals surface area (Å²) in [5.74, 6) is 0.669. The van der Waals surface area contributed by atoms with Gasteiger partial charge in [0.15, 0.2) is 11.5 Å². The van der Waals surface area contributed by atoms with E-state index in [2.05, 4.69) is 32.2 Å². The van der Waals surface area contributed by atoms with Crippen LogP contribution in [0.5, 0.6) is 0 Å². The van der Waals surface area contributed by atoms with Crippen molar-refractivity contribution >= 4 is 34.3 Å². The van der Waals surface area contributed by atoms with Crippen LogP contribution in [0.25, 0.3) is 16.9 Å². The number of amides is 1. The lowest BCUT2D eigenvalue weighted by Gasteiger charge is -2.22. The van der Waals surface area contributed by atoms with E-state index in [0.29, 0.717) is 35.0 Å². The smallest absolute Gasteiger partial charge is 0.278 e. The van der Waals surface area contributed by atoms with Gasteiger partial charge < -0.3 is 20.6 Å². The number of hydrogen-bond acceptors (Lipinski definition) is 8. The van der Waals surface area contributed by atoms with Gasteiger partial charge in [0.2, 0.25) is 11.9 Å². The maximum absolute atomic E-state index is 13.2. The van der Waals surface area contributed by atoms with E-state index >= 15 is 0 Å². The lowest BCUT2D eigenvalue weighted by Crippen LogP contribution is -2.35. The molecule has 0 spiro atoms. The van der Waals surface area contributed by atoms with Crippen molar-refractivity contribution in [3.63, 3.8) is 0 Å². The minimum Gasteiger partial charge on any atom is -0.384 e. The molecule has 3 heterocycles. The summed E-state index contributed by atoms with van der Waals surface area (Å²) >= 11 is 0. The quantitative estimate of drug-likeness (QED) is 0.274. The van der Waals surface area contributed by atoms with Crippen LogP contribution in [0.2, 0.25) is 0 Å². The molecule has 4 aromatic rings. The van der Waals surface area contributed by atoms with E-state index in [9.17, 15) is 14.7 Å². The Balaban J connectivity index is 1.72. The minimum absolute atomic E-state index is 0.0622. The lowest BCUT2D eigenvalue weighted by molar-refractivity contribution is -0.119. The summed E-state index contributed by atoms with van der Waals surface area (Å²) in [5, 5.41) is 16.6. The van der Waals surface area contributed by atoms with Gasteiger partial charge in [0.25, 0.3) is 5.56 Å². The van der Waals surface area contributed by atoms with Crippen LogP contribution in [0.4, 0.5) is 17.3 Å². The molecule has 198 valence electrons. The largest absolute Gasteiger partial charge is 0.384 e. The maximum atomic E-state index is 13.2. The number of allylic oxidation sites excluding steroid dienone is 1. The van der Waals surface area contributed by atoms with Crippen LogP contribution in [0.3, 0.4) is 0 Å². The van der Waals surface area contributed by atoms with Gasteiger partial charge in [-0.25, -0.2) is 19.3 Å². The van der Waals surface area contributed by atoms with Crippen molar-refractivity contribution in [2.45, 2.75) is 32.9 Å². The molecule has 38 heavy (non-hydrogen) atoms. The Labute approximate surface area is 220 Å². The van der Waals surface area contributed by atoms with Crippen molar-refractivity contribution in [1.29, 1.82) is 0 Å². The van der Waals surface area contributed by atoms with E-state index in [1.807, 2.05) is 36.1 Å². The Morgan fingerprint density at radius 3 is 2.55 bits per heavy atom. The van der Waals surface area contributed by atoms with Gasteiger partial charge in [-0.2, -0.15) is 4.98 Å². The molecule has 0 saturated heterocycles. The van der Waals surface area contributed by atoms with Crippen molar-refractivity contribution in [3.8, 4) is 5.82 Å². The number of nitrogens with zero attached hydrogens (tertiary/aromatic N) is 6. The highest BCUT2D eigenvalue weighted by molar-refractivity contribution is 5.81. The van der Waals surface area contributed by atoms with Gasteiger partial charge in [-0.1, -0.05) is 12.1 Å². The summed E-state index contributed by atoms with van der Waals surface area (Å²) in [6.07, 6.45) is 3.11. The summed E-state index contributed by atoms with van der Waals surface area (Å²) in [6.45, 7) is 10.2. The number of aliphatic hydroxyl groups is 1. The molecule has 0 unspecified atom stereocenters. The van der Waals surface area contributed by atoms with Gasteiger partial charge in [-0.05, 0) is 57.2 Å². The van der Waals surface area contributed by atoms with E-state index in [0.717, 1.165) is 11.4 Å². The first-order valence-electron chi connectivity index (χ1n) is 12.3. The van der Waals surface area contributed by atoms with Crippen molar-refractivity contribution in [3.05, 3.63) is 77.4 Å². The number of nitrogens with one attached hydrogen (secondary N) is 2. The average Bonchev–Trinajstić information content (AvgIpc) is 3.18. The average molecular weight is 517 g/mol. The molecule has 1 aromatic carbocycles. The molecule has 0 atom stereocenters. The third-order valence-electron chi connectivity index (χ3n) is 6.04. The van der Waals surface area contributed by atoms with Crippen molar-refractivity contribution in [1.82, 2.24) is 29.6 Å². The Kier molecular flexibility index (Phi) is 7.58. The number of hydrogen-bond donors (Lipinski definition) is 3. The lowest BCUT2D eigenvalue weighted by atomic mass is 10.1. The van der Waals surface area contributed by atoms with E-state index in [-0.39, 0.29) is 24.6 Å². The zero-order valence-electron chi connectivity index (χ0n) is 22.0. The van der Waals surface area contributed by atoms with E-state index < -0.39 is 5.60 Å². The summed E-state index contributed by atoms with van der Waals surface area (Å²) in [7, 11) is 1.62. The molecule has 0 aliphatic rings. The van der Waals surface area contributed by atoms with Crippen LogP contribution in [0.1, 0.15) is 26.5 Å². The molecule has 11 nitrogen and oxygen atoms in total. The Hall–Kier alpha value is -4.51. The van der Waals surface area contributed by atoms with Gasteiger partial charge in [0, 0.05) is 31.2 Å². The van der Waals surface area contributed by atoms with E-state index in [1.54, 1.807) is 49.9 Å². The number of rotatable bonds is 10. The third kappa shape index (κ3) is 5.42. The van der Waals surface area contributed by atoms with Crippen LogP contribution >= 0.6 is 0 Å². The summed E-state index contributed by atoms with van der Waals surface area (Å²) in [5.41, 5.74) is 1.04. The Bertz CT molecular complexity index is 1520. The first-order chi connectivity index (χ1) is 18.2. The number of carbonyl (C=O) groups is 1. The maximum Gasteiger partial charge on any atom is 0.278 e. The molecular weight excluding hydrogens is 484 g/mol. The number of aromatic nitrogens is 5.